The fraction of sp³-hybridized carbons (Fsp3) is 0.308. The molecule has 1 heterocycles. The van der Waals surface area contributed by atoms with Crippen LogP contribution in [0.1, 0.15) is 17.9 Å². The summed E-state index contributed by atoms with van der Waals surface area (Å²) in [4.78, 5) is 3.90. The molecule has 0 aliphatic carbocycles. The molecule has 0 aliphatic heterocycles. The third-order valence-electron chi connectivity index (χ3n) is 2.75. The Labute approximate surface area is 115 Å². The van der Waals surface area contributed by atoms with Gasteiger partial charge in [0.1, 0.15) is 5.82 Å². The van der Waals surface area contributed by atoms with Gasteiger partial charge in [-0.3, -0.25) is 4.57 Å². The highest BCUT2D eigenvalue weighted by Crippen LogP contribution is 2.12. The van der Waals surface area contributed by atoms with Crippen molar-refractivity contribution in [2.45, 2.75) is 19.5 Å². The molecule has 0 saturated carbocycles. The predicted molar refractivity (Wildman–Crippen MR) is 70.3 cm³/mol. The van der Waals surface area contributed by atoms with E-state index in [2.05, 4.69) is 10.3 Å². The minimum absolute atomic E-state index is 0.324. The second kappa shape index (κ2) is 6.63. The summed E-state index contributed by atoms with van der Waals surface area (Å²) in [6.07, 6.45) is 3.47. The van der Waals surface area contributed by atoms with Gasteiger partial charge < -0.3 is 5.32 Å². The Balaban J connectivity index is 1.77. The SMILES string of the molecule is FC(F)n1ccnc1CNCCc1ccc(Cl)cc1. The number of alkyl halides is 2. The molecule has 1 aromatic heterocycles. The molecular weight excluding hydrogens is 272 g/mol. The summed E-state index contributed by atoms with van der Waals surface area (Å²) in [7, 11) is 0. The molecule has 0 amide bonds. The van der Waals surface area contributed by atoms with Crippen molar-refractivity contribution in [2.75, 3.05) is 6.54 Å². The van der Waals surface area contributed by atoms with Gasteiger partial charge in [-0.1, -0.05) is 23.7 Å². The quantitative estimate of drug-likeness (QED) is 0.826. The van der Waals surface area contributed by atoms with E-state index in [1.165, 1.54) is 12.4 Å². The molecule has 0 unspecified atom stereocenters. The molecule has 1 aromatic carbocycles. The summed E-state index contributed by atoms with van der Waals surface area (Å²) < 4.78 is 26.0. The summed E-state index contributed by atoms with van der Waals surface area (Å²) >= 11 is 5.79. The van der Waals surface area contributed by atoms with E-state index in [1.54, 1.807) is 0 Å². The van der Waals surface area contributed by atoms with Crippen LogP contribution in [0.5, 0.6) is 0 Å². The number of aromatic nitrogens is 2. The van der Waals surface area contributed by atoms with E-state index in [0.29, 0.717) is 23.9 Å². The number of halogens is 3. The zero-order valence-corrected chi connectivity index (χ0v) is 10.9. The molecule has 102 valence electrons. The van der Waals surface area contributed by atoms with Crippen LogP contribution in [0.4, 0.5) is 8.78 Å². The highest BCUT2D eigenvalue weighted by atomic mass is 35.5. The van der Waals surface area contributed by atoms with Gasteiger partial charge >= 0.3 is 6.55 Å². The van der Waals surface area contributed by atoms with Crippen LogP contribution < -0.4 is 5.32 Å². The van der Waals surface area contributed by atoms with E-state index in [9.17, 15) is 8.78 Å². The van der Waals surface area contributed by atoms with Crippen molar-refractivity contribution in [3.8, 4) is 0 Å². The molecule has 2 aromatic rings. The first kappa shape index (κ1) is 14.0. The normalized spacial score (nSPS) is 11.2. The average molecular weight is 286 g/mol. The molecule has 0 atom stereocenters. The molecule has 2 rings (SSSR count). The summed E-state index contributed by atoms with van der Waals surface area (Å²) in [5, 5.41) is 3.80. The third-order valence-corrected chi connectivity index (χ3v) is 3.00. The van der Waals surface area contributed by atoms with Crippen molar-refractivity contribution in [3.63, 3.8) is 0 Å². The molecule has 0 radical (unpaired) electrons. The maximum absolute atomic E-state index is 12.6. The van der Waals surface area contributed by atoms with Gasteiger partial charge in [0, 0.05) is 17.4 Å². The first-order chi connectivity index (χ1) is 9.16. The molecule has 0 bridgehead atoms. The van der Waals surface area contributed by atoms with E-state index in [-0.39, 0.29) is 0 Å². The minimum atomic E-state index is -2.55. The number of nitrogens with zero attached hydrogens (tertiary/aromatic N) is 2. The van der Waals surface area contributed by atoms with Gasteiger partial charge in [-0.05, 0) is 30.7 Å². The van der Waals surface area contributed by atoms with Crippen molar-refractivity contribution in [1.29, 1.82) is 0 Å². The highest BCUT2D eigenvalue weighted by molar-refractivity contribution is 6.30. The molecule has 6 heteroatoms. The topological polar surface area (TPSA) is 29.9 Å². The Morgan fingerprint density at radius 1 is 1.26 bits per heavy atom. The molecule has 0 aliphatic rings. The maximum atomic E-state index is 12.6. The Morgan fingerprint density at radius 3 is 2.68 bits per heavy atom. The molecule has 0 spiro atoms. The van der Waals surface area contributed by atoms with Crippen molar-refractivity contribution in [3.05, 3.63) is 53.1 Å². The van der Waals surface area contributed by atoms with Crippen LogP contribution in [0, 0.1) is 0 Å². The Morgan fingerprint density at radius 2 is 2.00 bits per heavy atom. The molecule has 1 N–H and O–H groups in total. The smallest absolute Gasteiger partial charge is 0.310 e. The van der Waals surface area contributed by atoms with Gasteiger partial charge in [-0.25, -0.2) is 4.98 Å². The van der Waals surface area contributed by atoms with E-state index in [1.807, 2.05) is 24.3 Å². The van der Waals surface area contributed by atoms with Crippen LogP contribution in [-0.2, 0) is 13.0 Å². The Hall–Kier alpha value is -1.46. The fourth-order valence-corrected chi connectivity index (χ4v) is 1.87. The summed E-state index contributed by atoms with van der Waals surface area (Å²) in [5.74, 6) is 0.339. The van der Waals surface area contributed by atoms with E-state index in [0.717, 1.165) is 16.6 Å². The van der Waals surface area contributed by atoms with Gasteiger partial charge in [0.15, 0.2) is 0 Å². The number of imidazole rings is 1. The average Bonchev–Trinajstić information content (AvgIpc) is 2.85. The summed E-state index contributed by atoms with van der Waals surface area (Å²) in [5.41, 5.74) is 1.15. The zero-order chi connectivity index (χ0) is 13.7. The number of benzene rings is 1. The minimum Gasteiger partial charge on any atom is -0.310 e. The maximum Gasteiger partial charge on any atom is 0.319 e. The highest BCUT2D eigenvalue weighted by Gasteiger charge is 2.10. The number of hydrogen-bond acceptors (Lipinski definition) is 2. The van der Waals surface area contributed by atoms with Crippen LogP contribution in [0.2, 0.25) is 5.02 Å². The van der Waals surface area contributed by atoms with Crippen molar-refractivity contribution < 1.29 is 8.78 Å². The lowest BCUT2D eigenvalue weighted by Gasteiger charge is -2.07. The number of nitrogens with one attached hydrogen (secondary N) is 1. The zero-order valence-electron chi connectivity index (χ0n) is 10.2. The lowest BCUT2D eigenvalue weighted by atomic mass is 10.1. The van der Waals surface area contributed by atoms with Gasteiger partial charge in [0.05, 0.1) is 6.54 Å². The van der Waals surface area contributed by atoms with Crippen LogP contribution in [0.3, 0.4) is 0 Å². The largest absolute Gasteiger partial charge is 0.319 e. The van der Waals surface area contributed by atoms with Crippen molar-refractivity contribution >= 4 is 11.6 Å². The van der Waals surface area contributed by atoms with Crippen LogP contribution in [0.25, 0.3) is 0 Å². The first-order valence-corrected chi connectivity index (χ1v) is 6.29. The number of hydrogen-bond donors (Lipinski definition) is 1. The molecule has 3 nitrogen and oxygen atoms in total. The second-order valence-electron chi connectivity index (χ2n) is 4.08. The third kappa shape index (κ3) is 4.01. The lowest BCUT2D eigenvalue weighted by Crippen LogP contribution is -2.19. The first-order valence-electron chi connectivity index (χ1n) is 5.92. The van der Waals surface area contributed by atoms with Gasteiger partial charge in [0.25, 0.3) is 0 Å². The Bertz CT molecular complexity index is 511. The molecule has 0 saturated heterocycles. The van der Waals surface area contributed by atoms with Crippen LogP contribution in [0.15, 0.2) is 36.7 Å². The Kier molecular flexibility index (Phi) is 4.87. The van der Waals surface area contributed by atoms with E-state index in [4.69, 9.17) is 11.6 Å². The second-order valence-corrected chi connectivity index (χ2v) is 4.52. The number of rotatable bonds is 6. The van der Waals surface area contributed by atoms with Gasteiger partial charge in [-0.15, -0.1) is 0 Å². The van der Waals surface area contributed by atoms with Crippen molar-refractivity contribution in [2.24, 2.45) is 0 Å². The van der Waals surface area contributed by atoms with Crippen LogP contribution in [-0.4, -0.2) is 16.1 Å². The lowest BCUT2D eigenvalue weighted by molar-refractivity contribution is 0.0666. The molecular formula is C13H14ClF2N3. The van der Waals surface area contributed by atoms with E-state index < -0.39 is 6.55 Å². The van der Waals surface area contributed by atoms with Gasteiger partial charge in [0.2, 0.25) is 0 Å². The monoisotopic (exact) mass is 285 g/mol. The summed E-state index contributed by atoms with van der Waals surface area (Å²) in [6, 6.07) is 7.56. The molecule has 19 heavy (non-hydrogen) atoms. The summed E-state index contributed by atoms with van der Waals surface area (Å²) in [6.45, 7) is -1.53. The van der Waals surface area contributed by atoms with E-state index >= 15 is 0 Å². The van der Waals surface area contributed by atoms with Gasteiger partial charge in [-0.2, -0.15) is 8.78 Å². The molecule has 0 fully saturated rings. The predicted octanol–water partition coefficient (Wildman–Crippen LogP) is 3.26. The van der Waals surface area contributed by atoms with Crippen molar-refractivity contribution in [1.82, 2.24) is 14.9 Å². The standard InChI is InChI=1S/C13H14ClF2N3/c14-11-3-1-10(2-4-11)5-6-17-9-12-18-7-8-19(12)13(15)16/h1-4,7-8,13,17H,5-6,9H2. The van der Waals surface area contributed by atoms with Crippen LogP contribution >= 0.6 is 11.6 Å². The fourth-order valence-electron chi connectivity index (χ4n) is 1.74.